The van der Waals surface area contributed by atoms with Gasteiger partial charge in [0, 0.05) is 35.1 Å². The smallest absolute Gasteiger partial charge is 0.126 e. The van der Waals surface area contributed by atoms with Gasteiger partial charge in [0.05, 0.1) is 12.6 Å². The van der Waals surface area contributed by atoms with Crippen molar-refractivity contribution in [2.75, 3.05) is 7.11 Å². The maximum atomic E-state index is 5.37. The fourth-order valence-electron chi connectivity index (χ4n) is 2.00. The van der Waals surface area contributed by atoms with Crippen LogP contribution in [-0.4, -0.2) is 17.1 Å². The molecule has 88 valence electrons. The Balaban J connectivity index is 2.19. The maximum absolute atomic E-state index is 5.37. The van der Waals surface area contributed by atoms with Gasteiger partial charge in [0.15, 0.2) is 0 Å². The number of hydrogen-bond donors (Lipinski definition) is 0. The second-order valence-corrected chi connectivity index (χ2v) is 3.99. The van der Waals surface area contributed by atoms with Gasteiger partial charge in [0.25, 0.3) is 0 Å². The molecule has 0 aliphatic heterocycles. The zero-order chi connectivity index (χ0) is 12.4. The van der Waals surface area contributed by atoms with Gasteiger partial charge in [-0.2, -0.15) is 0 Å². The van der Waals surface area contributed by atoms with E-state index in [-0.39, 0.29) is 0 Å². The number of methoxy groups -OCH3 is 1. The molecule has 0 saturated heterocycles. The molecule has 3 aromatic rings. The number of fused-ring (bicyclic) bond motifs is 1. The van der Waals surface area contributed by atoms with Crippen LogP contribution < -0.4 is 4.74 Å². The summed E-state index contributed by atoms with van der Waals surface area (Å²) in [5, 5.41) is 1.03. The number of rotatable bonds is 2. The van der Waals surface area contributed by atoms with E-state index in [0.717, 1.165) is 27.8 Å². The van der Waals surface area contributed by atoms with Gasteiger partial charge in [-0.05, 0) is 18.2 Å². The lowest BCUT2D eigenvalue weighted by molar-refractivity contribution is 0.416. The number of para-hydroxylation sites is 1. The Morgan fingerprint density at radius 1 is 1.06 bits per heavy atom. The molecule has 3 nitrogen and oxygen atoms in total. The van der Waals surface area contributed by atoms with Crippen LogP contribution in [0.5, 0.6) is 5.75 Å². The van der Waals surface area contributed by atoms with E-state index in [1.807, 2.05) is 42.7 Å². The Kier molecular flexibility index (Phi) is 2.65. The van der Waals surface area contributed by atoms with E-state index in [2.05, 4.69) is 16.0 Å². The quantitative estimate of drug-likeness (QED) is 0.684. The van der Waals surface area contributed by atoms with Gasteiger partial charge in [-0.25, -0.2) is 0 Å². The Hall–Kier alpha value is -2.42. The highest BCUT2D eigenvalue weighted by atomic mass is 16.5. The van der Waals surface area contributed by atoms with Crippen LogP contribution in [0.4, 0.5) is 0 Å². The van der Waals surface area contributed by atoms with Crippen molar-refractivity contribution >= 4 is 10.9 Å². The zero-order valence-electron chi connectivity index (χ0n) is 10.00. The van der Waals surface area contributed by atoms with Gasteiger partial charge in [-0.15, -0.1) is 0 Å². The lowest BCUT2D eigenvalue weighted by Gasteiger charge is -2.08. The Labute approximate surface area is 105 Å². The van der Waals surface area contributed by atoms with Crippen LogP contribution in [0.15, 0.2) is 55.0 Å². The van der Waals surface area contributed by atoms with Gasteiger partial charge in [0.1, 0.15) is 5.75 Å². The third kappa shape index (κ3) is 1.80. The second-order valence-electron chi connectivity index (χ2n) is 3.99. The molecule has 2 aromatic heterocycles. The summed E-state index contributed by atoms with van der Waals surface area (Å²) in [7, 11) is 1.68. The molecule has 3 rings (SSSR count). The first-order chi connectivity index (χ1) is 8.88. The number of hydrogen-bond acceptors (Lipinski definition) is 3. The molecule has 0 radical (unpaired) electrons. The minimum absolute atomic E-state index is 0.850. The molecule has 0 unspecified atom stereocenters. The summed E-state index contributed by atoms with van der Waals surface area (Å²) in [6.07, 6.45) is 5.43. The van der Waals surface area contributed by atoms with E-state index in [1.165, 1.54) is 0 Å². The number of nitrogens with zero attached hydrogens (tertiary/aromatic N) is 2. The van der Waals surface area contributed by atoms with E-state index in [0.29, 0.717) is 0 Å². The molecule has 0 aliphatic carbocycles. The van der Waals surface area contributed by atoms with Crippen LogP contribution >= 0.6 is 0 Å². The summed E-state index contributed by atoms with van der Waals surface area (Å²) in [6, 6.07) is 11.9. The summed E-state index contributed by atoms with van der Waals surface area (Å²) in [5.74, 6) is 0.850. The predicted octanol–water partition coefficient (Wildman–Crippen LogP) is 3.31. The molecule has 0 amide bonds. The summed E-state index contributed by atoms with van der Waals surface area (Å²) in [6.45, 7) is 0. The first-order valence-electron chi connectivity index (χ1n) is 5.71. The van der Waals surface area contributed by atoms with Crippen molar-refractivity contribution in [2.24, 2.45) is 0 Å². The average molecular weight is 236 g/mol. The van der Waals surface area contributed by atoms with Crippen LogP contribution in [0.3, 0.4) is 0 Å². The van der Waals surface area contributed by atoms with E-state index in [4.69, 9.17) is 4.74 Å². The first-order valence-corrected chi connectivity index (χ1v) is 5.71. The molecule has 0 bridgehead atoms. The molecule has 2 heterocycles. The second kappa shape index (κ2) is 4.45. The van der Waals surface area contributed by atoms with Crippen molar-refractivity contribution in [3.63, 3.8) is 0 Å². The van der Waals surface area contributed by atoms with E-state index >= 15 is 0 Å². The predicted molar refractivity (Wildman–Crippen MR) is 71.5 cm³/mol. The molecule has 0 fully saturated rings. The summed E-state index contributed by atoms with van der Waals surface area (Å²) in [5.41, 5.74) is 3.02. The number of ether oxygens (including phenoxy) is 1. The molecular weight excluding hydrogens is 224 g/mol. The number of pyridine rings is 2. The topological polar surface area (TPSA) is 35.0 Å². The standard InChI is InChI=1S/C15H12N2O/c1-18-15-5-3-2-4-13(15)11-8-12-9-16-7-6-14(12)17-10-11/h2-10H,1H3. The first kappa shape index (κ1) is 10.7. The van der Waals surface area contributed by atoms with Gasteiger partial charge in [-0.1, -0.05) is 18.2 Å². The van der Waals surface area contributed by atoms with Gasteiger partial charge in [0.2, 0.25) is 0 Å². The highest BCUT2D eigenvalue weighted by Crippen LogP contribution is 2.30. The Bertz CT molecular complexity index is 695. The molecule has 0 saturated carbocycles. The minimum atomic E-state index is 0.850. The van der Waals surface area contributed by atoms with Crippen LogP contribution in [0.1, 0.15) is 0 Å². The van der Waals surface area contributed by atoms with Crippen LogP contribution in [-0.2, 0) is 0 Å². The van der Waals surface area contributed by atoms with Crippen molar-refractivity contribution in [2.45, 2.75) is 0 Å². The van der Waals surface area contributed by atoms with Crippen molar-refractivity contribution in [1.82, 2.24) is 9.97 Å². The normalized spacial score (nSPS) is 10.5. The fraction of sp³-hybridized carbons (Fsp3) is 0.0667. The van der Waals surface area contributed by atoms with Crippen molar-refractivity contribution in [1.29, 1.82) is 0 Å². The van der Waals surface area contributed by atoms with Crippen molar-refractivity contribution < 1.29 is 4.74 Å². The lowest BCUT2D eigenvalue weighted by Crippen LogP contribution is -1.89. The van der Waals surface area contributed by atoms with Crippen molar-refractivity contribution in [3.8, 4) is 16.9 Å². The number of benzene rings is 1. The summed E-state index contributed by atoms with van der Waals surface area (Å²) < 4.78 is 5.37. The minimum Gasteiger partial charge on any atom is -0.496 e. The molecule has 18 heavy (non-hydrogen) atoms. The zero-order valence-corrected chi connectivity index (χ0v) is 10.00. The van der Waals surface area contributed by atoms with Gasteiger partial charge in [-0.3, -0.25) is 9.97 Å². The molecule has 3 heteroatoms. The van der Waals surface area contributed by atoms with Gasteiger partial charge < -0.3 is 4.74 Å². The highest BCUT2D eigenvalue weighted by molar-refractivity contribution is 5.83. The summed E-state index contributed by atoms with van der Waals surface area (Å²) >= 11 is 0. The van der Waals surface area contributed by atoms with Crippen LogP contribution in [0.25, 0.3) is 22.0 Å². The molecule has 0 N–H and O–H groups in total. The Morgan fingerprint density at radius 2 is 1.94 bits per heavy atom. The van der Waals surface area contributed by atoms with Gasteiger partial charge >= 0.3 is 0 Å². The SMILES string of the molecule is COc1ccccc1-c1cnc2ccncc2c1. The van der Waals surface area contributed by atoms with E-state index in [1.54, 1.807) is 13.3 Å². The van der Waals surface area contributed by atoms with Crippen LogP contribution in [0.2, 0.25) is 0 Å². The lowest BCUT2D eigenvalue weighted by atomic mass is 10.1. The monoisotopic (exact) mass is 236 g/mol. The van der Waals surface area contributed by atoms with Crippen molar-refractivity contribution in [3.05, 3.63) is 55.0 Å². The summed E-state index contributed by atoms with van der Waals surface area (Å²) in [4.78, 5) is 8.56. The number of aromatic nitrogens is 2. The molecular formula is C15H12N2O. The third-order valence-corrected chi connectivity index (χ3v) is 2.90. The van der Waals surface area contributed by atoms with Crippen LogP contribution in [0, 0.1) is 0 Å². The maximum Gasteiger partial charge on any atom is 0.126 e. The fourth-order valence-corrected chi connectivity index (χ4v) is 2.00. The molecule has 1 aromatic carbocycles. The van der Waals surface area contributed by atoms with E-state index in [9.17, 15) is 0 Å². The Morgan fingerprint density at radius 3 is 2.83 bits per heavy atom. The molecule has 0 aliphatic rings. The van der Waals surface area contributed by atoms with E-state index < -0.39 is 0 Å². The molecule has 0 spiro atoms. The largest absolute Gasteiger partial charge is 0.496 e. The molecule has 0 atom stereocenters. The third-order valence-electron chi connectivity index (χ3n) is 2.90. The average Bonchev–Trinajstić information content (AvgIpc) is 2.46. The highest BCUT2D eigenvalue weighted by Gasteiger charge is 2.06.